The van der Waals surface area contributed by atoms with E-state index >= 15 is 0 Å². The number of nitrogens with one attached hydrogen (secondary N) is 2. The third kappa shape index (κ3) is 5.15. The van der Waals surface area contributed by atoms with Crippen molar-refractivity contribution in [1.29, 1.82) is 0 Å². The molecule has 0 spiro atoms. The van der Waals surface area contributed by atoms with E-state index in [1.54, 1.807) is 24.3 Å². The molecule has 1 heterocycles. The lowest BCUT2D eigenvalue weighted by molar-refractivity contribution is -0.123. The third-order valence-corrected chi connectivity index (χ3v) is 4.19. The molecule has 4 amide bonds. The van der Waals surface area contributed by atoms with Gasteiger partial charge in [-0.05, 0) is 25.0 Å². The molecule has 0 saturated carbocycles. The predicted octanol–water partition coefficient (Wildman–Crippen LogP) is 1.49. The maximum Gasteiger partial charge on any atom is 0.261 e. The van der Waals surface area contributed by atoms with Crippen molar-refractivity contribution < 1.29 is 19.2 Å². The van der Waals surface area contributed by atoms with Crippen LogP contribution in [0.3, 0.4) is 0 Å². The minimum Gasteiger partial charge on any atom is -0.354 e. The Balaban J connectivity index is 1.63. The first kappa shape index (κ1) is 19.6. The van der Waals surface area contributed by atoms with E-state index in [-0.39, 0.29) is 36.6 Å². The largest absolute Gasteiger partial charge is 0.354 e. The number of unbranched alkanes of at least 4 members (excludes halogenated alkanes) is 1. The first-order valence-corrected chi connectivity index (χ1v) is 9.03. The predicted molar refractivity (Wildman–Crippen MR) is 96.6 cm³/mol. The van der Waals surface area contributed by atoms with Gasteiger partial charge in [0.25, 0.3) is 11.8 Å². The first-order valence-electron chi connectivity index (χ1n) is 9.03. The lowest BCUT2D eigenvalue weighted by Gasteiger charge is -2.13. The van der Waals surface area contributed by atoms with Crippen LogP contribution >= 0.6 is 0 Å². The molecule has 7 nitrogen and oxygen atoms in total. The second kappa shape index (κ2) is 9.70. The monoisotopic (exact) mass is 359 g/mol. The summed E-state index contributed by atoms with van der Waals surface area (Å²) in [5.41, 5.74) is 0.835. The molecule has 1 aromatic rings. The Hall–Kier alpha value is -2.70. The molecule has 0 radical (unpaired) electrons. The number of hydrogen-bond donors (Lipinski definition) is 2. The molecule has 0 bridgehead atoms. The van der Waals surface area contributed by atoms with Crippen molar-refractivity contribution in [2.24, 2.45) is 0 Å². The van der Waals surface area contributed by atoms with Crippen molar-refractivity contribution >= 4 is 23.6 Å². The molecule has 140 valence electrons. The van der Waals surface area contributed by atoms with Gasteiger partial charge in [0.05, 0.1) is 11.1 Å². The number of hydrogen-bond acceptors (Lipinski definition) is 4. The molecular formula is C19H25N3O4. The summed E-state index contributed by atoms with van der Waals surface area (Å²) in [5.74, 6) is -0.780. The van der Waals surface area contributed by atoms with Gasteiger partial charge in [-0.3, -0.25) is 24.1 Å². The maximum atomic E-state index is 12.2. The lowest BCUT2D eigenvalue weighted by Crippen LogP contribution is -2.35. The SMILES string of the molecule is CCCCC(=O)NCCNC(=O)CCCN1C(=O)c2ccccc2C1=O. The van der Waals surface area contributed by atoms with Gasteiger partial charge in [0.2, 0.25) is 11.8 Å². The second-order valence-electron chi connectivity index (χ2n) is 6.21. The average Bonchev–Trinajstić information content (AvgIpc) is 2.88. The molecule has 1 aliphatic heterocycles. The summed E-state index contributed by atoms with van der Waals surface area (Å²) in [5, 5.41) is 5.46. The Labute approximate surface area is 153 Å². The van der Waals surface area contributed by atoms with Gasteiger partial charge in [0, 0.05) is 32.5 Å². The van der Waals surface area contributed by atoms with Crippen molar-refractivity contribution in [1.82, 2.24) is 15.5 Å². The van der Waals surface area contributed by atoms with Gasteiger partial charge >= 0.3 is 0 Å². The van der Waals surface area contributed by atoms with Crippen molar-refractivity contribution in [2.75, 3.05) is 19.6 Å². The van der Waals surface area contributed by atoms with Crippen molar-refractivity contribution in [3.63, 3.8) is 0 Å². The number of carbonyl (C=O) groups is 4. The molecule has 2 rings (SSSR count). The summed E-state index contributed by atoms with van der Waals surface area (Å²) in [4.78, 5) is 48.8. The van der Waals surface area contributed by atoms with E-state index < -0.39 is 0 Å². The smallest absolute Gasteiger partial charge is 0.261 e. The van der Waals surface area contributed by atoms with E-state index in [0.29, 0.717) is 37.1 Å². The molecule has 0 saturated heterocycles. The van der Waals surface area contributed by atoms with Crippen LogP contribution in [-0.4, -0.2) is 48.2 Å². The van der Waals surface area contributed by atoms with E-state index in [4.69, 9.17) is 0 Å². The molecule has 0 unspecified atom stereocenters. The highest BCUT2D eigenvalue weighted by Crippen LogP contribution is 2.22. The summed E-state index contributed by atoms with van der Waals surface area (Å²) in [6.07, 6.45) is 2.95. The van der Waals surface area contributed by atoms with Gasteiger partial charge in [-0.15, -0.1) is 0 Å². The van der Waals surface area contributed by atoms with Gasteiger partial charge in [0.15, 0.2) is 0 Å². The number of imide groups is 1. The van der Waals surface area contributed by atoms with Crippen LogP contribution in [0.5, 0.6) is 0 Å². The highest BCUT2D eigenvalue weighted by atomic mass is 16.2. The van der Waals surface area contributed by atoms with E-state index in [1.165, 1.54) is 4.90 Å². The van der Waals surface area contributed by atoms with Crippen LogP contribution in [0.4, 0.5) is 0 Å². The molecule has 0 fully saturated rings. The Bertz CT molecular complexity index is 652. The number of nitrogens with zero attached hydrogens (tertiary/aromatic N) is 1. The normalized spacial score (nSPS) is 12.9. The van der Waals surface area contributed by atoms with Gasteiger partial charge in [-0.1, -0.05) is 25.5 Å². The van der Waals surface area contributed by atoms with Crippen LogP contribution < -0.4 is 10.6 Å². The first-order chi connectivity index (χ1) is 12.5. The summed E-state index contributed by atoms with van der Waals surface area (Å²) >= 11 is 0. The van der Waals surface area contributed by atoms with Crippen molar-refractivity contribution in [3.8, 4) is 0 Å². The molecule has 0 atom stereocenters. The topological polar surface area (TPSA) is 95.6 Å². The van der Waals surface area contributed by atoms with Crippen LogP contribution in [0.15, 0.2) is 24.3 Å². The van der Waals surface area contributed by atoms with Gasteiger partial charge < -0.3 is 10.6 Å². The molecule has 2 N–H and O–H groups in total. The quantitative estimate of drug-likeness (QED) is 0.489. The van der Waals surface area contributed by atoms with Crippen LogP contribution in [0, 0.1) is 0 Å². The van der Waals surface area contributed by atoms with Crippen molar-refractivity contribution in [2.45, 2.75) is 39.0 Å². The Morgan fingerprint density at radius 3 is 1.88 bits per heavy atom. The fourth-order valence-electron chi connectivity index (χ4n) is 2.76. The highest BCUT2D eigenvalue weighted by Gasteiger charge is 2.34. The minimum absolute atomic E-state index is 0.00766. The van der Waals surface area contributed by atoms with E-state index in [9.17, 15) is 19.2 Å². The molecule has 7 heteroatoms. The lowest BCUT2D eigenvalue weighted by atomic mass is 10.1. The zero-order chi connectivity index (χ0) is 18.9. The molecule has 0 aromatic heterocycles. The number of carbonyl (C=O) groups excluding carboxylic acids is 4. The molecule has 0 aliphatic carbocycles. The maximum absolute atomic E-state index is 12.2. The zero-order valence-corrected chi connectivity index (χ0v) is 15.0. The summed E-state index contributed by atoms with van der Waals surface area (Å²) in [6.45, 7) is 3.00. The van der Waals surface area contributed by atoms with Crippen molar-refractivity contribution in [3.05, 3.63) is 35.4 Å². The summed E-state index contributed by atoms with van der Waals surface area (Å²) in [6, 6.07) is 6.72. The zero-order valence-electron chi connectivity index (χ0n) is 15.0. The number of amides is 4. The van der Waals surface area contributed by atoms with Gasteiger partial charge in [0.1, 0.15) is 0 Å². The number of rotatable bonds is 10. The Kier molecular flexibility index (Phi) is 7.32. The van der Waals surface area contributed by atoms with Crippen LogP contribution in [0.1, 0.15) is 59.7 Å². The Morgan fingerprint density at radius 2 is 1.38 bits per heavy atom. The minimum atomic E-state index is -0.305. The summed E-state index contributed by atoms with van der Waals surface area (Å²) in [7, 11) is 0. The van der Waals surface area contributed by atoms with Crippen LogP contribution in [0.25, 0.3) is 0 Å². The molecule has 1 aromatic carbocycles. The second-order valence-corrected chi connectivity index (χ2v) is 6.21. The Morgan fingerprint density at radius 1 is 0.885 bits per heavy atom. The molecule has 26 heavy (non-hydrogen) atoms. The van der Waals surface area contributed by atoms with E-state index in [1.807, 2.05) is 6.92 Å². The fraction of sp³-hybridized carbons (Fsp3) is 0.474. The highest BCUT2D eigenvalue weighted by molar-refractivity contribution is 6.21. The van der Waals surface area contributed by atoms with Crippen LogP contribution in [0.2, 0.25) is 0 Å². The van der Waals surface area contributed by atoms with Gasteiger partial charge in [-0.2, -0.15) is 0 Å². The van der Waals surface area contributed by atoms with E-state index in [2.05, 4.69) is 10.6 Å². The number of benzene rings is 1. The standard InChI is InChI=1S/C19H25N3O4/c1-2-3-9-16(23)20-11-12-21-17(24)10-6-13-22-18(25)14-7-4-5-8-15(14)19(22)26/h4-5,7-8H,2-3,6,9-13H2,1H3,(H,20,23)(H,21,24). The summed E-state index contributed by atoms with van der Waals surface area (Å²) < 4.78 is 0. The number of fused-ring (bicyclic) bond motifs is 1. The molecular weight excluding hydrogens is 334 g/mol. The van der Waals surface area contributed by atoms with E-state index in [0.717, 1.165) is 12.8 Å². The third-order valence-electron chi connectivity index (χ3n) is 4.19. The fourth-order valence-corrected chi connectivity index (χ4v) is 2.76. The van der Waals surface area contributed by atoms with Gasteiger partial charge in [-0.25, -0.2) is 0 Å². The molecule has 1 aliphatic rings. The average molecular weight is 359 g/mol. The van der Waals surface area contributed by atoms with Crippen LogP contribution in [-0.2, 0) is 9.59 Å².